The standard InChI is InChI=1S/C12H17N3O4/c1-18-5-7(4-16)14-9-3-10-11(2-8(9)13)19-6-12(17)15-10/h2-3,7,14,16H,4-6,13H2,1H3,(H,15,17). The zero-order valence-electron chi connectivity index (χ0n) is 10.6. The van der Waals surface area contributed by atoms with Gasteiger partial charge in [-0.25, -0.2) is 0 Å². The number of amides is 1. The summed E-state index contributed by atoms with van der Waals surface area (Å²) in [6, 6.07) is 3.05. The number of anilines is 3. The highest BCUT2D eigenvalue weighted by Crippen LogP contribution is 2.35. The normalized spacial score (nSPS) is 15.2. The number of ether oxygens (including phenoxy) is 2. The second kappa shape index (κ2) is 5.77. The van der Waals surface area contributed by atoms with Crippen molar-refractivity contribution in [1.82, 2.24) is 0 Å². The van der Waals surface area contributed by atoms with Crippen molar-refractivity contribution in [2.24, 2.45) is 0 Å². The van der Waals surface area contributed by atoms with Gasteiger partial charge in [0.05, 0.1) is 36.3 Å². The van der Waals surface area contributed by atoms with Crippen molar-refractivity contribution in [3.05, 3.63) is 12.1 Å². The molecular formula is C12H17N3O4. The molecule has 1 heterocycles. The van der Waals surface area contributed by atoms with Crippen LogP contribution in [0.2, 0.25) is 0 Å². The maximum atomic E-state index is 11.3. The molecule has 7 nitrogen and oxygen atoms in total. The van der Waals surface area contributed by atoms with E-state index in [2.05, 4.69) is 10.6 Å². The quantitative estimate of drug-likeness (QED) is 0.560. The molecular weight excluding hydrogens is 250 g/mol. The largest absolute Gasteiger partial charge is 0.482 e. The molecule has 0 spiro atoms. The third-order valence-electron chi connectivity index (χ3n) is 2.73. The molecule has 0 bridgehead atoms. The van der Waals surface area contributed by atoms with Gasteiger partial charge in [0.2, 0.25) is 0 Å². The summed E-state index contributed by atoms with van der Waals surface area (Å²) < 4.78 is 10.2. The Morgan fingerprint density at radius 2 is 2.42 bits per heavy atom. The van der Waals surface area contributed by atoms with Gasteiger partial charge >= 0.3 is 0 Å². The first kappa shape index (κ1) is 13.4. The number of methoxy groups -OCH3 is 1. The number of hydrogen-bond acceptors (Lipinski definition) is 6. The molecule has 1 aromatic carbocycles. The Morgan fingerprint density at radius 1 is 1.63 bits per heavy atom. The average molecular weight is 267 g/mol. The van der Waals surface area contributed by atoms with Crippen LogP contribution in [-0.4, -0.2) is 44.0 Å². The van der Waals surface area contributed by atoms with Crippen LogP contribution in [0.3, 0.4) is 0 Å². The van der Waals surface area contributed by atoms with Crippen LogP contribution in [0.15, 0.2) is 12.1 Å². The van der Waals surface area contributed by atoms with Gasteiger partial charge < -0.3 is 30.9 Å². The Labute approximate surface area is 110 Å². The van der Waals surface area contributed by atoms with Crippen LogP contribution >= 0.6 is 0 Å². The number of aliphatic hydroxyl groups is 1. The first-order chi connectivity index (χ1) is 9.13. The lowest BCUT2D eigenvalue weighted by Gasteiger charge is -2.22. The highest BCUT2D eigenvalue weighted by molar-refractivity contribution is 5.97. The van der Waals surface area contributed by atoms with E-state index in [4.69, 9.17) is 15.2 Å². The fourth-order valence-electron chi connectivity index (χ4n) is 1.83. The fraction of sp³-hybridized carbons (Fsp3) is 0.417. The molecule has 0 saturated carbocycles. The third kappa shape index (κ3) is 3.07. The van der Waals surface area contributed by atoms with E-state index < -0.39 is 0 Å². The molecule has 1 atom stereocenters. The van der Waals surface area contributed by atoms with E-state index in [0.29, 0.717) is 29.4 Å². The number of nitrogen functional groups attached to an aromatic ring is 1. The lowest BCUT2D eigenvalue weighted by molar-refractivity contribution is -0.118. The number of nitrogens with two attached hydrogens (primary N) is 1. The van der Waals surface area contributed by atoms with Crippen molar-refractivity contribution in [3.63, 3.8) is 0 Å². The van der Waals surface area contributed by atoms with Gasteiger partial charge in [0, 0.05) is 13.2 Å². The van der Waals surface area contributed by atoms with Gasteiger partial charge in [-0.3, -0.25) is 4.79 Å². The van der Waals surface area contributed by atoms with E-state index in [1.54, 1.807) is 19.2 Å². The van der Waals surface area contributed by atoms with Gasteiger partial charge in [-0.1, -0.05) is 0 Å². The fourth-order valence-corrected chi connectivity index (χ4v) is 1.83. The zero-order valence-corrected chi connectivity index (χ0v) is 10.6. The van der Waals surface area contributed by atoms with Crippen LogP contribution in [-0.2, 0) is 9.53 Å². The number of carbonyl (C=O) groups excluding carboxylic acids is 1. The van der Waals surface area contributed by atoms with Crippen LogP contribution in [0.1, 0.15) is 0 Å². The summed E-state index contributed by atoms with van der Waals surface area (Å²) in [5, 5.41) is 15.0. The molecule has 2 rings (SSSR count). The minimum absolute atomic E-state index is 0.0118. The molecule has 1 unspecified atom stereocenters. The molecule has 0 saturated heterocycles. The number of aliphatic hydroxyl groups excluding tert-OH is 1. The van der Waals surface area contributed by atoms with Gasteiger partial charge in [0.1, 0.15) is 5.75 Å². The molecule has 19 heavy (non-hydrogen) atoms. The van der Waals surface area contributed by atoms with Crippen LogP contribution in [0.5, 0.6) is 5.75 Å². The van der Waals surface area contributed by atoms with E-state index >= 15 is 0 Å². The second-order valence-corrected chi connectivity index (χ2v) is 4.25. The minimum atomic E-state index is -0.273. The predicted molar refractivity (Wildman–Crippen MR) is 71.4 cm³/mol. The van der Waals surface area contributed by atoms with Crippen LogP contribution in [0.4, 0.5) is 17.1 Å². The highest BCUT2D eigenvalue weighted by Gasteiger charge is 2.19. The van der Waals surface area contributed by atoms with Gasteiger partial charge in [0.25, 0.3) is 5.91 Å². The Kier molecular flexibility index (Phi) is 4.08. The minimum Gasteiger partial charge on any atom is -0.482 e. The molecule has 1 amide bonds. The highest BCUT2D eigenvalue weighted by atomic mass is 16.5. The first-order valence-corrected chi connectivity index (χ1v) is 5.86. The number of hydrogen-bond donors (Lipinski definition) is 4. The van der Waals surface area contributed by atoms with Crippen molar-refractivity contribution in [3.8, 4) is 5.75 Å². The number of rotatable bonds is 5. The first-order valence-electron chi connectivity index (χ1n) is 5.86. The molecule has 0 aliphatic carbocycles. The van der Waals surface area contributed by atoms with Gasteiger partial charge in [-0.15, -0.1) is 0 Å². The van der Waals surface area contributed by atoms with E-state index in [1.165, 1.54) is 0 Å². The summed E-state index contributed by atoms with van der Waals surface area (Å²) in [6.45, 7) is 0.241. The summed E-state index contributed by atoms with van der Waals surface area (Å²) in [7, 11) is 1.55. The Balaban J connectivity index is 2.21. The van der Waals surface area contributed by atoms with Gasteiger partial charge in [0.15, 0.2) is 6.61 Å². The number of benzene rings is 1. The number of nitrogens with one attached hydrogen (secondary N) is 2. The molecule has 1 aliphatic heterocycles. The van der Waals surface area contributed by atoms with Crippen LogP contribution < -0.4 is 21.1 Å². The van der Waals surface area contributed by atoms with Gasteiger partial charge in [-0.05, 0) is 6.07 Å². The van der Waals surface area contributed by atoms with Crippen LogP contribution in [0.25, 0.3) is 0 Å². The lowest BCUT2D eigenvalue weighted by atomic mass is 10.2. The van der Waals surface area contributed by atoms with E-state index in [9.17, 15) is 9.90 Å². The third-order valence-corrected chi connectivity index (χ3v) is 2.73. The maximum Gasteiger partial charge on any atom is 0.262 e. The zero-order chi connectivity index (χ0) is 13.8. The Morgan fingerprint density at radius 3 is 3.11 bits per heavy atom. The molecule has 7 heteroatoms. The smallest absolute Gasteiger partial charge is 0.262 e. The molecule has 0 fully saturated rings. The molecule has 0 radical (unpaired) electrons. The summed E-state index contributed by atoms with van der Waals surface area (Å²) >= 11 is 0. The Hall–Kier alpha value is -1.99. The van der Waals surface area contributed by atoms with Crippen molar-refractivity contribution < 1.29 is 19.4 Å². The summed E-state index contributed by atoms with van der Waals surface area (Å²) in [5.41, 5.74) is 7.55. The average Bonchev–Trinajstić information content (AvgIpc) is 2.39. The summed E-state index contributed by atoms with van der Waals surface area (Å²) in [4.78, 5) is 11.3. The molecule has 0 aromatic heterocycles. The van der Waals surface area contributed by atoms with E-state index in [0.717, 1.165) is 0 Å². The van der Waals surface area contributed by atoms with Crippen molar-refractivity contribution in [2.75, 3.05) is 43.3 Å². The van der Waals surface area contributed by atoms with Gasteiger partial charge in [-0.2, -0.15) is 0 Å². The maximum absolute atomic E-state index is 11.3. The van der Waals surface area contributed by atoms with Crippen molar-refractivity contribution >= 4 is 23.0 Å². The molecule has 1 aromatic rings. The predicted octanol–water partition coefficient (Wildman–Crippen LogP) is 0.0189. The topological polar surface area (TPSA) is 106 Å². The monoisotopic (exact) mass is 267 g/mol. The van der Waals surface area contributed by atoms with E-state index in [1.807, 2.05) is 0 Å². The summed E-state index contributed by atoms with van der Waals surface area (Å²) in [5.74, 6) is 0.328. The van der Waals surface area contributed by atoms with Crippen molar-refractivity contribution in [2.45, 2.75) is 6.04 Å². The molecule has 104 valence electrons. The molecule has 5 N–H and O–H groups in total. The number of fused-ring (bicyclic) bond motifs is 1. The molecule has 1 aliphatic rings. The Bertz CT molecular complexity index is 478. The van der Waals surface area contributed by atoms with E-state index in [-0.39, 0.29) is 25.2 Å². The van der Waals surface area contributed by atoms with Crippen molar-refractivity contribution in [1.29, 1.82) is 0 Å². The SMILES string of the molecule is COCC(CO)Nc1cc2c(cc1N)OCC(=O)N2. The summed E-state index contributed by atoms with van der Waals surface area (Å²) in [6.07, 6.45) is 0. The van der Waals surface area contributed by atoms with Crippen LogP contribution in [0, 0.1) is 0 Å². The number of carbonyl (C=O) groups is 1. The lowest BCUT2D eigenvalue weighted by Crippen LogP contribution is -2.30. The second-order valence-electron chi connectivity index (χ2n) is 4.25.